The predicted molar refractivity (Wildman–Crippen MR) is 154 cm³/mol. The van der Waals surface area contributed by atoms with Crippen LogP contribution in [0.3, 0.4) is 0 Å². The van der Waals surface area contributed by atoms with Gasteiger partial charge in [-0.1, -0.05) is 53.7 Å². The average molecular weight is 540 g/mol. The van der Waals surface area contributed by atoms with Crippen molar-refractivity contribution in [1.29, 1.82) is 0 Å². The zero-order chi connectivity index (χ0) is 27.6. The minimum Gasteiger partial charge on any atom is -0.342 e. The Morgan fingerprint density at radius 3 is 2.41 bits per heavy atom. The second-order valence-electron chi connectivity index (χ2n) is 8.72. The number of rotatable bonds is 11. The Morgan fingerprint density at radius 2 is 1.72 bits per heavy atom. The van der Waals surface area contributed by atoms with Crippen molar-refractivity contribution in [2.75, 3.05) is 11.1 Å². The van der Waals surface area contributed by atoms with Crippen LogP contribution in [0.1, 0.15) is 34.7 Å². The van der Waals surface area contributed by atoms with E-state index < -0.39 is 6.04 Å². The van der Waals surface area contributed by atoms with Crippen molar-refractivity contribution in [3.05, 3.63) is 108 Å². The Balaban J connectivity index is 1.34. The highest BCUT2D eigenvalue weighted by atomic mass is 32.2. The van der Waals surface area contributed by atoms with Crippen molar-refractivity contribution in [1.82, 2.24) is 20.1 Å². The van der Waals surface area contributed by atoms with E-state index in [4.69, 9.17) is 0 Å². The van der Waals surface area contributed by atoms with Gasteiger partial charge in [-0.25, -0.2) is 0 Å². The van der Waals surface area contributed by atoms with E-state index in [-0.39, 0.29) is 17.6 Å². The van der Waals surface area contributed by atoms with Gasteiger partial charge in [-0.15, -0.1) is 16.8 Å². The molecule has 4 rings (SSSR count). The minimum atomic E-state index is -0.397. The van der Waals surface area contributed by atoms with E-state index in [0.717, 1.165) is 11.3 Å². The van der Waals surface area contributed by atoms with Gasteiger partial charge in [-0.2, -0.15) is 10.2 Å². The second-order valence-corrected chi connectivity index (χ2v) is 9.67. The van der Waals surface area contributed by atoms with Gasteiger partial charge in [0.15, 0.2) is 11.0 Å². The quantitative estimate of drug-likeness (QED) is 0.130. The monoisotopic (exact) mass is 539 g/mol. The average Bonchev–Trinajstić information content (AvgIpc) is 3.35. The Kier molecular flexibility index (Phi) is 9.36. The number of aryl methyl sites for hydroxylation is 1. The van der Waals surface area contributed by atoms with Gasteiger partial charge in [-0.05, 0) is 62.4 Å². The van der Waals surface area contributed by atoms with Gasteiger partial charge in [0, 0.05) is 17.8 Å². The number of carbonyl (C=O) groups is 2. The van der Waals surface area contributed by atoms with E-state index in [1.165, 1.54) is 11.8 Å². The Morgan fingerprint density at radius 1 is 1.00 bits per heavy atom. The van der Waals surface area contributed by atoms with Crippen molar-refractivity contribution in [3.8, 4) is 0 Å². The molecule has 0 aliphatic rings. The molecule has 0 fully saturated rings. The standard InChI is InChI=1S/C29H29N7O2S/c1-4-17-36-27(21(3)30-28(38)22-10-8-9-20(2)18-22)34-35-29(36)39-19-26(37)31-23-13-15-25(16-14-23)33-32-24-11-6-5-7-12-24/h4-16,18,21H,1,17,19H2,2-3H3,(H,30,38)(H,31,37)/t21-/m0/s1. The molecule has 0 spiro atoms. The van der Waals surface area contributed by atoms with Crippen LogP contribution in [-0.4, -0.2) is 32.3 Å². The SMILES string of the molecule is C=CCn1c(SCC(=O)Nc2ccc(N=Nc3ccccc3)cc2)nnc1[C@H](C)NC(=O)c1cccc(C)c1. The molecule has 9 nitrogen and oxygen atoms in total. The van der Waals surface area contributed by atoms with Gasteiger partial charge in [0.25, 0.3) is 5.91 Å². The third-order valence-corrected chi connectivity index (χ3v) is 6.56. The van der Waals surface area contributed by atoms with Crippen molar-refractivity contribution in [3.63, 3.8) is 0 Å². The minimum absolute atomic E-state index is 0.134. The summed E-state index contributed by atoms with van der Waals surface area (Å²) in [5.41, 5.74) is 3.68. The highest BCUT2D eigenvalue weighted by Gasteiger charge is 2.20. The molecule has 4 aromatic rings. The topological polar surface area (TPSA) is 114 Å². The summed E-state index contributed by atoms with van der Waals surface area (Å²) in [6, 6.07) is 23.6. The number of anilines is 1. The van der Waals surface area contributed by atoms with Crippen molar-refractivity contribution in [2.24, 2.45) is 10.2 Å². The summed E-state index contributed by atoms with van der Waals surface area (Å²) >= 11 is 1.26. The summed E-state index contributed by atoms with van der Waals surface area (Å²) in [6.45, 7) is 8.05. The molecule has 0 saturated heterocycles. The predicted octanol–water partition coefficient (Wildman–Crippen LogP) is 6.41. The fourth-order valence-corrected chi connectivity index (χ4v) is 4.46. The smallest absolute Gasteiger partial charge is 0.251 e. The number of benzene rings is 3. The van der Waals surface area contributed by atoms with E-state index in [0.29, 0.717) is 34.5 Å². The summed E-state index contributed by atoms with van der Waals surface area (Å²) in [4.78, 5) is 25.3. The molecule has 0 unspecified atom stereocenters. The van der Waals surface area contributed by atoms with Crippen LogP contribution < -0.4 is 10.6 Å². The Hall–Kier alpha value is -4.57. The molecule has 0 aliphatic heterocycles. The number of allylic oxidation sites excluding steroid dienone is 1. The van der Waals surface area contributed by atoms with Crippen molar-refractivity contribution < 1.29 is 9.59 Å². The first-order valence-corrected chi connectivity index (χ1v) is 13.3. The molecule has 1 atom stereocenters. The number of carbonyl (C=O) groups excluding carboxylic acids is 2. The number of amides is 2. The Bertz CT molecular complexity index is 1470. The van der Waals surface area contributed by atoms with Crippen LogP contribution in [0, 0.1) is 6.92 Å². The molecule has 10 heteroatoms. The van der Waals surface area contributed by atoms with Crippen LogP contribution in [0.4, 0.5) is 17.1 Å². The summed E-state index contributed by atoms with van der Waals surface area (Å²) in [5, 5.41) is 23.4. The van der Waals surface area contributed by atoms with E-state index in [2.05, 4.69) is 37.6 Å². The Labute approximate surface area is 231 Å². The van der Waals surface area contributed by atoms with Gasteiger partial charge in [0.05, 0.1) is 23.2 Å². The van der Waals surface area contributed by atoms with Crippen molar-refractivity contribution in [2.45, 2.75) is 31.6 Å². The van der Waals surface area contributed by atoms with Gasteiger partial charge in [0.2, 0.25) is 5.91 Å². The number of nitrogens with one attached hydrogen (secondary N) is 2. The van der Waals surface area contributed by atoms with Crippen LogP contribution in [0.15, 0.2) is 107 Å². The lowest BCUT2D eigenvalue weighted by Crippen LogP contribution is -2.28. The number of thioether (sulfide) groups is 1. The van der Waals surface area contributed by atoms with Crippen LogP contribution >= 0.6 is 11.8 Å². The molecule has 2 N–H and O–H groups in total. The normalized spacial score (nSPS) is 11.7. The highest BCUT2D eigenvalue weighted by molar-refractivity contribution is 7.99. The largest absolute Gasteiger partial charge is 0.342 e. The zero-order valence-corrected chi connectivity index (χ0v) is 22.6. The number of azo groups is 1. The first-order valence-electron chi connectivity index (χ1n) is 12.3. The molecule has 0 radical (unpaired) electrons. The van der Waals surface area contributed by atoms with Gasteiger partial charge in [0.1, 0.15) is 0 Å². The maximum Gasteiger partial charge on any atom is 0.251 e. The first-order chi connectivity index (χ1) is 18.9. The summed E-state index contributed by atoms with van der Waals surface area (Å²) < 4.78 is 1.85. The highest BCUT2D eigenvalue weighted by Crippen LogP contribution is 2.23. The fourth-order valence-electron chi connectivity index (χ4n) is 3.71. The second kappa shape index (κ2) is 13.3. The van der Waals surface area contributed by atoms with Crippen LogP contribution in [-0.2, 0) is 11.3 Å². The summed E-state index contributed by atoms with van der Waals surface area (Å²) in [6.07, 6.45) is 1.72. The number of aromatic nitrogens is 3. The molecule has 0 aliphatic carbocycles. The van der Waals surface area contributed by atoms with E-state index >= 15 is 0 Å². The van der Waals surface area contributed by atoms with E-state index in [9.17, 15) is 9.59 Å². The van der Waals surface area contributed by atoms with Crippen LogP contribution in [0.25, 0.3) is 0 Å². The zero-order valence-electron chi connectivity index (χ0n) is 21.7. The lowest BCUT2D eigenvalue weighted by atomic mass is 10.1. The number of nitrogens with zero attached hydrogens (tertiary/aromatic N) is 5. The van der Waals surface area contributed by atoms with Crippen molar-refractivity contribution >= 4 is 40.6 Å². The molecule has 1 heterocycles. The molecule has 0 saturated carbocycles. The molecule has 2 amide bonds. The van der Waals surface area contributed by atoms with Crippen LogP contribution in [0.2, 0.25) is 0 Å². The van der Waals surface area contributed by atoms with Gasteiger partial charge < -0.3 is 15.2 Å². The fraction of sp³-hybridized carbons (Fsp3) is 0.172. The molecule has 1 aromatic heterocycles. The van der Waals surface area contributed by atoms with E-state index in [1.807, 2.05) is 66.9 Å². The third-order valence-electron chi connectivity index (χ3n) is 5.59. The van der Waals surface area contributed by atoms with Gasteiger partial charge in [-0.3, -0.25) is 9.59 Å². The third kappa shape index (κ3) is 7.71. The van der Waals surface area contributed by atoms with E-state index in [1.54, 1.807) is 36.4 Å². The molecule has 39 heavy (non-hydrogen) atoms. The molecule has 0 bridgehead atoms. The summed E-state index contributed by atoms with van der Waals surface area (Å²) in [5.74, 6) is 0.336. The molecular formula is C29H29N7O2S. The maximum absolute atomic E-state index is 12.7. The molecule has 198 valence electrons. The molecule has 3 aromatic carbocycles. The summed E-state index contributed by atoms with van der Waals surface area (Å²) in [7, 11) is 0. The number of hydrogen-bond donors (Lipinski definition) is 2. The maximum atomic E-state index is 12.7. The van der Waals surface area contributed by atoms with Crippen LogP contribution in [0.5, 0.6) is 0 Å². The first kappa shape index (κ1) is 27.5. The van der Waals surface area contributed by atoms with Gasteiger partial charge >= 0.3 is 0 Å². The lowest BCUT2D eigenvalue weighted by molar-refractivity contribution is -0.113. The molecular weight excluding hydrogens is 510 g/mol. The lowest BCUT2D eigenvalue weighted by Gasteiger charge is -2.15. The number of hydrogen-bond acceptors (Lipinski definition) is 7.